The third-order valence-electron chi connectivity index (χ3n) is 3.58. The van der Waals surface area contributed by atoms with E-state index in [2.05, 4.69) is 40.1 Å². The first-order chi connectivity index (χ1) is 9.70. The molecule has 0 bridgehead atoms. The third-order valence-corrected chi connectivity index (χ3v) is 3.58. The molecule has 2 heterocycles. The molecule has 1 atom stereocenters. The summed E-state index contributed by atoms with van der Waals surface area (Å²) < 4.78 is 0. The van der Waals surface area contributed by atoms with Crippen molar-refractivity contribution in [3.63, 3.8) is 0 Å². The van der Waals surface area contributed by atoms with Gasteiger partial charge in [0.2, 0.25) is 0 Å². The molecule has 0 spiro atoms. The van der Waals surface area contributed by atoms with Gasteiger partial charge in [0.05, 0.1) is 0 Å². The largest absolute Gasteiger partial charge is 0.329 e. The van der Waals surface area contributed by atoms with Gasteiger partial charge in [0.25, 0.3) is 0 Å². The maximum absolute atomic E-state index is 5.93. The Morgan fingerprint density at radius 2 is 1.95 bits per heavy atom. The Labute approximate surface area is 120 Å². The monoisotopic (exact) mass is 270 g/mol. The molecule has 2 aromatic rings. The van der Waals surface area contributed by atoms with E-state index >= 15 is 0 Å². The van der Waals surface area contributed by atoms with Gasteiger partial charge in [0.1, 0.15) is 0 Å². The lowest BCUT2D eigenvalue weighted by molar-refractivity contribution is 0.253. The molecule has 0 aliphatic heterocycles. The summed E-state index contributed by atoms with van der Waals surface area (Å²) >= 11 is 0. The number of aromatic nitrogens is 2. The average Bonchev–Trinajstić information content (AvgIpc) is 2.49. The van der Waals surface area contributed by atoms with Crippen LogP contribution in [0.5, 0.6) is 0 Å². The van der Waals surface area contributed by atoms with Gasteiger partial charge in [-0.1, -0.05) is 6.07 Å². The van der Waals surface area contributed by atoms with Gasteiger partial charge in [-0.2, -0.15) is 0 Å². The molecule has 2 aromatic heterocycles. The molecule has 0 saturated carbocycles. The Bertz CT molecular complexity index is 510. The first-order valence-electron chi connectivity index (χ1n) is 6.92. The van der Waals surface area contributed by atoms with E-state index in [1.54, 1.807) is 0 Å². The second-order valence-corrected chi connectivity index (χ2v) is 5.07. The van der Waals surface area contributed by atoms with Crippen molar-refractivity contribution < 1.29 is 0 Å². The van der Waals surface area contributed by atoms with Gasteiger partial charge in [-0.25, -0.2) is 0 Å². The fraction of sp³-hybridized carbons (Fsp3) is 0.375. The normalized spacial score (nSPS) is 12.6. The van der Waals surface area contributed by atoms with Crippen LogP contribution < -0.4 is 5.73 Å². The number of hydrogen-bond donors (Lipinski definition) is 1. The first kappa shape index (κ1) is 14.6. The molecule has 2 rings (SSSR count). The lowest BCUT2D eigenvalue weighted by atomic mass is 10.1. The van der Waals surface area contributed by atoms with Crippen LogP contribution in [0, 0.1) is 6.92 Å². The Kier molecular flexibility index (Phi) is 5.21. The van der Waals surface area contributed by atoms with Gasteiger partial charge >= 0.3 is 0 Å². The summed E-state index contributed by atoms with van der Waals surface area (Å²) in [5.41, 5.74) is 9.44. The Hall–Kier alpha value is -1.78. The zero-order valence-electron chi connectivity index (χ0n) is 12.2. The summed E-state index contributed by atoms with van der Waals surface area (Å²) in [5, 5.41) is 0. The van der Waals surface area contributed by atoms with Crippen molar-refractivity contribution in [1.82, 2.24) is 14.9 Å². The molecule has 20 heavy (non-hydrogen) atoms. The lowest BCUT2D eigenvalue weighted by Gasteiger charge is -2.27. The average molecular weight is 270 g/mol. The number of nitrogens with zero attached hydrogens (tertiary/aromatic N) is 3. The van der Waals surface area contributed by atoms with Gasteiger partial charge in [0, 0.05) is 43.4 Å². The van der Waals surface area contributed by atoms with Crippen LogP contribution in [-0.4, -0.2) is 35.0 Å². The van der Waals surface area contributed by atoms with Crippen molar-refractivity contribution >= 4 is 0 Å². The fourth-order valence-corrected chi connectivity index (χ4v) is 2.26. The highest BCUT2D eigenvalue weighted by Gasteiger charge is 2.15. The zero-order chi connectivity index (χ0) is 14.4. The molecule has 0 fully saturated rings. The molecule has 0 amide bonds. The predicted octanol–water partition coefficient (Wildman–Crippen LogP) is 1.96. The summed E-state index contributed by atoms with van der Waals surface area (Å²) in [6.07, 6.45) is 6.59. The molecule has 0 aliphatic carbocycles. The number of rotatable bonds is 6. The van der Waals surface area contributed by atoms with Crippen LogP contribution in [0.15, 0.2) is 42.9 Å². The molecular weight excluding hydrogens is 248 g/mol. The predicted molar refractivity (Wildman–Crippen MR) is 81.3 cm³/mol. The summed E-state index contributed by atoms with van der Waals surface area (Å²) in [6.45, 7) is 3.55. The van der Waals surface area contributed by atoms with E-state index in [1.807, 2.05) is 31.6 Å². The fourth-order valence-electron chi connectivity index (χ4n) is 2.26. The van der Waals surface area contributed by atoms with Crippen LogP contribution in [0.4, 0.5) is 0 Å². The van der Waals surface area contributed by atoms with E-state index in [4.69, 9.17) is 5.73 Å². The van der Waals surface area contributed by atoms with Crippen molar-refractivity contribution in [2.24, 2.45) is 5.73 Å². The SMILES string of the molecule is Cc1ccc(C(CN)N(C)CCc2ccncc2)cn1. The van der Waals surface area contributed by atoms with E-state index in [9.17, 15) is 0 Å². The number of likely N-dealkylation sites (N-methyl/N-ethyl adjacent to an activating group) is 1. The number of nitrogens with two attached hydrogens (primary N) is 1. The Morgan fingerprint density at radius 1 is 1.20 bits per heavy atom. The van der Waals surface area contributed by atoms with E-state index in [1.165, 1.54) is 11.1 Å². The summed E-state index contributed by atoms with van der Waals surface area (Å²) in [4.78, 5) is 10.7. The van der Waals surface area contributed by atoms with Crippen LogP contribution in [0.2, 0.25) is 0 Å². The highest BCUT2D eigenvalue weighted by atomic mass is 15.1. The van der Waals surface area contributed by atoms with Crippen molar-refractivity contribution in [3.8, 4) is 0 Å². The summed E-state index contributed by atoms with van der Waals surface area (Å²) in [5.74, 6) is 0. The van der Waals surface area contributed by atoms with Crippen molar-refractivity contribution in [1.29, 1.82) is 0 Å². The van der Waals surface area contributed by atoms with Crippen LogP contribution in [0.25, 0.3) is 0 Å². The Morgan fingerprint density at radius 3 is 2.55 bits per heavy atom. The quantitative estimate of drug-likeness (QED) is 0.872. The summed E-state index contributed by atoms with van der Waals surface area (Å²) in [7, 11) is 2.11. The van der Waals surface area contributed by atoms with Gasteiger partial charge < -0.3 is 5.73 Å². The summed E-state index contributed by atoms with van der Waals surface area (Å²) in [6, 6.07) is 8.47. The van der Waals surface area contributed by atoms with Gasteiger partial charge in [0.15, 0.2) is 0 Å². The molecule has 4 nitrogen and oxygen atoms in total. The number of hydrogen-bond acceptors (Lipinski definition) is 4. The molecule has 1 unspecified atom stereocenters. The van der Waals surface area contributed by atoms with Crippen LogP contribution >= 0.6 is 0 Å². The molecule has 0 aliphatic rings. The molecule has 4 heteroatoms. The third kappa shape index (κ3) is 3.85. The van der Waals surface area contributed by atoms with Crippen molar-refractivity contribution in [3.05, 3.63) is 59.7 Å². The number of pyridine rings is 2. The lowest BCUT2D eigenvalue weighted by Crippen LogP contribution is -2.32. The van der Waals surface area contributed by atoms with Gasteiger partial charge in [-0.3, -0.25) is 14.9 Å². The van der Waals surface area contributed by atoms with Crippen molar-refractivity contribution in [2.45, 2.75) is 19.4 Å². The minimum atomic E-state index is 0.213. The minimum absolute atomic E-state index is 0.213. The minimum Gasteiger partial charge on any atom is -0.329 e. The molecule has 0 aromatic carbocycles. The zero-order valence-corrected chi connectivity index (χ0v) is 12.2. The number of aryl methyl sites for hydroxylation is 1. The van der Waals surface area contributed by atoms with Crippen LogP contribution in [0.1, 0.15) is 22.9 Å². The molecule has 2 N–H and O–H groups in total. The highest BCUT2D eigenvalue weighted by Crippen LogP contribution is 2.18. The Balaban J connectivity index is 1.98. The second-order valence-electron chi connectivity index (χ2n) is 5.07. The van der Waals surface area contributed by atoms with E-state index in [-0.39, 0.29) is 6.04 Å². The maximum Gasteiger partial charge on any atom is 0.0482 e. The van der Waals surface area contributed by atoms with Crippen LogP contribution in [-0.2, 0) is 6.42 Å². The maximum atomic E-state index is 5.93. The second kappa shape index (κ2) is 7.12. The highest BCUT2D eigenvalue weighted by molar-refractivity contribution is 5.18. The van der Waals surface area contributed by atoms with E-state index in [0.29, 0.717) is 6.54 Å². The van der Waals surface area contributed by atoms with Gasteiger partial charge in [-0.05, 0) is 49.7 Å². The molecular formula is C16H22N4. The standard InChI is InChI=1S/C16H22N4/c1-13-3-4-15(12-19-13)16(11-17)20(2)10-7-14-5-8-18-9-6-14/h3-6,8-9,12,16H,7,10-11,17H2,1-2H3. The van der Waals surface area contributed by atoms with Crippen molar-refractivity contribution in [2.75, 3.05) is 20.1 Å². The molecule has 0 saturated heterocycles. The van der Waals surface area contributed by atoms with E-state index in [0.717, 1.165) is 18.7 Å². The van der Waals surface area contributed by atoms with Crippen LogP contribution in [0.3, 0.4) is 0 Å². The van der Waals surface area contributed by atoms with Gasteiger partial charge in [-0.15, -0.1) is 0 Å². The topological polar surface area (TPSA) is 55.0 Å². The van der Waals surface area contributed by atoms with E-state index < -0.39 is 0 Å². The molecule has 106 valence electrons. The molecule has 0 radical (unpaired) electrons. The smallest absolute Gasteiger partial charge is 0.0482 e. The first-order valence-corrected chi connectivity index (χ1v) is 6.92.